The molecule has 1 fully saturated rings. The first-order valence-electron chi connectivity index (χ1n) is 9.97. The molecule has 1 saturated heterocycles. The number of piperazine rings is 1. The van der Waals surface area contributed by atoms with Crippen molar-refractivity contribution in [3.05, 3.63) is 63.2 Å². The molecule has 2 heterocycles. The molecular formula is C22H27ClN2O4. The summed E-state index contributed by atoms with van der Waals surface area (Å²) in [6.07, 6.45) is 2.21. The van der Waals surface area contributed by atoms with Crippen LogP contribution in [0.1, 0.15) is 31.6 Å². The summed E-state index contributed by atoms with van der Waals surface area (Å²) < 4.78 is 11.2. The van der Waals surface area contributed by atoms with E-state index in [-0.39, 0.29) is 29.6 Å². The van der Waals surface area contributed by atoms with E-state index in [0.29, 0.717) is 30.4 Å². The van der Waals surface area contributed by atoms with E-state index in [9.17, 15) is 9.59 Å². The largest absolute Gasteiger partial charge is 0.482 e. The first-order valence-corrected chi connectivity index (χ1v) is 10.3. The molecule has 0 N–H and O–H groups in total. The molecule has 1 aliphatic heterocycles. The van der Waals surface area contributed by atoms with Crippen molar-refractivity contribution < 1.29 is 13.9 Å². The van der Waals surface area contributed by atoms with Gasteiger partial charge in [-0.25, -0.2) is 0 Å². The molecule has 29 heavy (non-hydrogen) atoms. The van der Waals surface area contributed by atoms with Crippen LogP contribution < -0.4 is 10.2 Å². The normalized spacial score (nSPS) is 15.9. The number of nitrogens with zero attached hydrogens (tertiary/aromatic N) is 2. The van der Waals surface area contributed by atoms with Gasteiger partial charge in [0.2, 0.25) is 17.1 Å². The maximum absolute atomic E-state index is 12.3. The molecule has 1 aliphatic rings. The van der Waals surface area contributed by atoms with Gasteiger partial charge in [-0.05, 0) is 12.5 Å². The van der Waals surface area contributed by atoms with E-state index in [1.165, 1.54) is 12.3 Å². The van der Waals surface area contributed by atoms with Crippen LogP contribution in [0, 0.1) is 5.92 Å². The van der Waals surface area contributed by atoms with Crippen molar-refractivity contribution in [2.45, 2.75) is 33.4 Å². The summed E-state index contributed by atoms with van der Waals surface area (Å²) in [5.74, 6) is 1.04. The second-order valence-electron chi connectivity index (χ2n) is 7.37. The van der Waals surface area contributed by atoms with Crippen molar-refractivity contribution in [2.75, 3.05) is 26.2 Å². The van der Waals surface area contributed by atoms with Crippen LogP contribution in [0.4, 0.5) is 0 Å². The zero-order valence-corrected chi connectivity index (χ0v) is 17.7. The van der Waals surface area contributed by atoms with Crippen LogP contribution >= 0.6 is 11.6 Å². The van der Waals surface area contributed by atoms with Gasteiger partial charge in [0.25, 0.3) is 0 Å². The minimum atomic E-state index is -0.219. The van der Waals surface area contributed by atoms with Gasteiger partial charge in [-0.1, -0.05) is 43.6 Å². The highest BCUT2D eigenvalue weighted by molar-refractivity contribution is 6.31. The van der Waals surface area contributed by atoms with E-state index in [2.05, 4.69) is 4.90 Å². The Balaban J connectivity index is 1.53. The number of carbonyl (C=O) groups excluding carboxylic acids is 1. The standard InChI is InChI=1S/C22H27ClN2O4/c1-3-16(2)22(27)25-10-8-24(9-11-25)13-18-12-20(26)21(15-28-18)29-14-17-6-4-5-7-19(17)23/h4-7,12,15-16H,3,8-11,13-14H2,1-2H3/t16-/m1/s1. The van der Waals surface area contributed by atoms with Crippen LogP contribution in [0.2, 0.25) is 5.02 Å². The van der Waals surface area contributed by atoms with Crippen LogP contribution in [-0.4, -0.2) is 41.9 Å². The highest BCUT2D eigenvalue weighted by Crippen LogP contribution is 2.18. The van der Waals surface area contributed by atoms with Crippen LogP contribution in [0.5, 0.6) is 5.75 Å². The summed E-state index contributed by atoms with van der Waals surface area (Å²) in [4.78, 5) is 28.7. The van der Waals surface area contributed by atoms with E-state index >= 15 is 0 Å². The molecule has 1 aromatic carbocycles. The summed E-state index contributed by atoms with van der Waals surface area (Å²) in [6.45, 7) is 7.66. The Hall–Kier alpha value is -2.31. The Morgan fingerprint density at radius 2 is 1.97 bits per heavy atom. The summed E-state index contributed by atoms with van der Waals surface area (Å²) in [5, 5.41) is 0.597. The van der Waals surface area contributed by atoms with Crippen molar-refractivity contribution in [2.24, 2.45) is 5.92 Å². The van der Waals surface area contributed by atoms with Crippen molar-refractivity contribution in [3.63, 3.8) is 0 Å². The van der Waals surface area contributed by atoms with Gasteiger partial charge in [0.1, 0.15) is 18.6 Å². The lowest BCUT2D eigenvalue weighted by Gasteiger charge is -2.35. The molecule has 156 valence electrons. The Morgan fingerprint density at radius 1 is 1.24 bits per heavy atom. The van der Waals surface area contributed by atoms with Gasteiger partial charge in [-0.2, -0.15) is 0 Å². The second-order valence-corrected chi connectivity index (χ2v) is 7.77. The third-order valence-corrected chi connectivity index (χ3v) is 5.66. The third kappa shape index (κ3) is 5.61. The number of hydrogen-bond acceptors (Lipinski definition) is 5. The number of hydrogen-bond donors (Lipinski definition) is 0. The van der Waals surface area contributed by atoms with Crippen molar-refractivity contribution in [1.29, 1.82) is 0 Å². The van der Waals surface area contributed by atoms with Crippen LogP contribution in [-0.2, 0) is 17.9 Å². The molecule has 6 nitrogen and oxygen atoms in total. The summed E-state index contributed by atoms with van der Waals surface area (Å²) in [7, 11) is 0. The van der Waals surface area contributed by atoms with Gasteiger partial charge < -0.3 is 14.1 Å². The topological polar surface area (TPSA) is 63.0 Å². The zero-order valence-electron chi connectivity index (χ0n) is 16.9. The van der Waals surface area contributed by atoms with Gasteiger partial charge in [0, 0.05) is 48.7 Å². The van der Waals surface area contributed by atoms with Crippen LogP contribution in [0.3, 0.4) is 0 Å². The summed E-state index contributed by atoms with van der Waals surface area (Å²) >= 11 is 6.11. The fourth-order valence-electron chi connectivity index (χ4n) is 3.23. The number of ether oxygens (including phenoxy) is 1. The summed E-state index contributed by atoms with van der Waals surface area (Å²) in [5.41, 5.74) is 0.589. The zero-order chi connectivity index (χ0) is 20.8. The highest BCUT2D eigenvalue weighted by Gasteiger charge is 2.24. The molecule has 1 amide bonds. The number of carbonyl (C=O) groups is 1. The minimum absolute atomic E-state index is 0.0675. The molecule has 0 spiro atoms. The molecule has 0 saturated carbocycles. The SMILES string of the molecule is CC[C@@H](C)C(=O)N1CCN(Cc2cc(=O)c(OCc3ccccc3Cl)co2)CC1. The lowest BCUT2D eigenvalue weighted by Crippen LogP contribution is -2.49. The predicted octanol–water partition coefficient (Wildman–Crippen LogP) is 3.56. The quantitative estimate of drug-likeness (QED) is 0.687. The van der Waals surface area contributed by atoms with Gasteiger partial charge in [0.15, 0.2) is 0 Å². The Labute approximate surface area is 176 Å². The first-order chi connectivity index (χ1) is 14.0. The van der Waals surface area contributed by atoms with E-state index < -0.39 is 0 Å². The van der Waals surface area contributed by atoms with E-state index in [0.717, 1.165) is 25.1 Å². The van der Waals surface area contributed by atoms with Crippen molar-refractivity contribution in [1.82, 2.24) is 9.80 Å². The Bertz CT molecular complexity index is 890. The molecule has 2 aromatic rings. The third-order valence-electron chi connectivity index (χ3n) is 5.29. The van der Waals surface area contributed by atoms with Gasteiger partial charge in [-0.15, -0.1) is 0 Å². The molecule has 1 aromatic heterocycles. The second kappa shape index (κ2) is 9.94. The van der Waals surface area contributed by atoms with Gasteiger partial charge >= 0.3 is 0 Å². The highest BCUT2D eigenvalue weighted by atomic mass is 35.5. The average molecular weight is 419 g/mol. The predicted molar refractivity (Wildman–Crippen MR) is 112 cm³/mol. The number of benzene rings is 1. The van der Waals surface area contributed by atoms with Crippen LogP contribution in [0.15, 0.2) is 45.8 Å². The smallest absolute Gasteiger partial charge is 0.227 e. The molecule has 0 radical (unpaired) electrons. The molecular weight excluding hydrogens is 392 g/mol. The molecule has 0 unspecified atom stereocenters. The lowest BCUT2D eigenvalue weighted by atomic mass is 10.1. The maximum atomic E-state index is 12.3. The Kier molecular flexibility index (Phi) is 7.34. The van der Waals surface area contributed by atoms with Crippen LogP contribution in [0.25, 0.3) is 0 Å². The monoisotopic (exact) mass is 418 g/mol. The van der Waals surface area contributed by atoms with Crippen molar-refractivity contribution in [3.8, 4) is 5.75 Å². The molecule has 0 bridgehead atoms. The number of halogens is 1. The molecule has 0 aliphatic carbocycles. The van der Waals surface area contributed by atoms with E-state index in [1.807, 2.05) is 36.9 Å². The maximum Gasteiger partial charge on any atom is 0.227 e. The minimum Gasteiger partial charge on any atom is -0.482 e. The summed E-state index contributed by atoms with van der Waals surface area (Å²) in [6, 6.07) is 8.81. The molecule has 1 atom stereocenters. The van der Waals surface area contributed by atoms with E-state index in [4.69, 9.17) is 20.8 Å². The molecule has 7 heteroatoms. The van der Waals surface area contributed by atoms with E-state index in [1.54, 1.807) is 6.07 Å². The van der Waals surface area contributed by atoms with Crippen molar-refractivity contribution >= 4 is 17.5 Å². The average Bonchev–Trinajstić information content (AvgIpc) is 2.73. The lowest BCUT2D eigenvalue weighted by molar-refractivity contribution is -0.136. The van der Waals surface area contributed by atoms with Gasteiger partial charge in [-0.3, -0.25) is 14.5 Å². The number of rotatable bonds is 7. The fraction of sp³-hybridized carbons (Fsp3) is 0.455. The van der Waals surface area contributed by atoms with Gasteiger partial charge in [0.05, 0.1) is 6.54 Å². The number of amides is 1. The first kappa shape index (κ1) is 21.4. The fourth-order valence-corrected chi connectivity index (χ4v) is 3.42. The Morgan fingerprint density at radius 3 is 2.62 bits per heavy atom. The molecule has 3 rings (SSSR count).